The molecule has 0 aromatic heterocycles. The summed E-state index contributed by atoms with van der Waals surface area (Å²) in [4.78, 5) is 14.9. The predicted octanol–water partition coefficient (Wildman–Crippen LogP) is 4.10. The number of hydrogen-bond acceptors (Lipinski definition) is 2. The van der Waals surface area contributed by atoms with Gasteiger partial charge in [-0.25, -0.2) is 0 Å². The Hall–Kier alpha value is -2.60. The average molecular weight is 304 g/mol. The van der Waals surface area contributed by atoms with E-state index < -0.39 is 0 Å². The summed E-state index contributed by atoms with van der Waals surface area (Å²) in [7, 11) is 0. The van der Waals surface area contributed by atoms with Crippen LogP contribution in [0.4, 0.5) is 5.69 Å². The molecule has 0 bridgehead atoms. The molecule has 1 aliphatic rings. The molecule has 0 atom stereocenters. The number of rotatable bonds is 2. The van der Waals surface area contributed by atoms with Crippen LogP contribution in [0.2, 0.25) is 0 Å². The van der Waals surface area contributed by atoms with Gasteiger partial charge in [0.2, 0.25) is 0 Å². The van der Waals surface area contributed by atoms with Crippen LogP contribution in [-0.4, -0.2) is 12.5 Å². The fourth-order valence-electron chi connectivity index (χ4n) is 3.19. The molecule has 0 aliphatic carbocycles. The summed E-state index contributed by atoms with van der Waals surface area (Å²) in [6, 6.07) is 15.8. The van der Waals surface area contributed by atoms with E-state index in [4.69, 9.17) is 5.26 Å². The van der Waals surface area contributed by atoms with E-state index in [-0.39, 0.29) is 5.91 Å². The molecule has 2 aromatic rings. The normalized spacial score (nSPS) is 13.8. The predicted molar refractivity (Wildman–Crippen MR) is 91.6 cm³/mol. The summed E-state index contributed by atoms with van der Waals surface area (Å²) in [6.07, 6.45) is 3.89. The lowest BCUT2D eigenvalue weighted by atomic mass is 10.0. The highest BCUT2D eigenvalue weighted by Gasteiger charge is 2.22. The Bertz CT molecular complexity index is 773. The molecule has 23 heavy (non-hydrogen) atoms. The van der Waals surface area contributed by atoms with Crippen LogP contribution >= 0.6 is 0 Å². The second kappa shape index (κ2) is 6.66. The van der Waals surface area contributed by atoms with Crippen LogP contribution in [0.5, 0.6) is 0 Å². The zero-order valence-electron chi connectivity index (χ0n) is 13.4. The maximum atomic E-state index is 13.0. The van der Waals surface area contributed by atoms with Gasteiger partial charge in [-0.2, -0.15) is 5.26 Å². The number of fused-ring (bicyclic) bond motifs is 1. The van der Waals surface area contributed by atoms with E-state index in [0.717, 1.165) is 43.5 Å². The molecular formula is C20H20N2O. The monoisotopic (exact) mass is 304 g/mol. The quantitative estimate of drug-likeness (QED) is 0.838. The van der Waals surface area contributed by atoms with Crippen molar-refractivity contribution >= 4 is 11.6 Å². The fraction of sp³-hybridized carbons (Fsp3) is 0.300. The van der Waals surface area contributed by atoms with Gasteiger partial charge in [-0.3, -0.25) is 4.79 Å². The molecule has 1 amide bonds. The van der Waals surface area contributed by atoms with E-state index >= 15 is 0 Å². The zero-order valence-corrected chi connectivity index (χ0v) is 13.4. The van der Waals surface area contributed by atoms with Gasteiger partial charge in [0.05, 0.1) is 11.6 Å². The fourth-order valence-corrected chi connectivity index (χ4v) is 3.19. The highest BCUT2D eigenvalue weighted by Crippen LogP contribution is 2.28. The second-order valence-electron chi connectivity index (χ2n) is 5.88. The lowest BCUT2D eigenvalue weighted by Crippen LogP contribution is -2.31. The van der Waals surface area contributed by atoms with Crippen LogP contribution in [-0.2, 0) is 12.8 Å². The van der Waals surface area contributed by atoms with Crippen LogP contribution in [0.3, 0.4) is 0 Å². The summed E-state index contributed by atoms with van der Waals surface area (Å²) in [5, 5.41) is 9.15. The molecule has 0 N–H and O–H groups in total. The van der Waals surface area contributed by atoms with Crippen molar-refractivity contribution in [2.45, 2.75) is 32.6 Å². The SMILES string of the molecule is CCc1cc(C(=O)N2CCCCc3ccccc32)ccc1C#N. The highest BCUT2D eigenvalue weighted by atomic mass is 16.2. The number of para-hydroxylation sites is 1. The van der Waals surface area contributed by atoms with Crippen LogP contribution in [0.1, 0.15) is 46.8 Å². The van der Waals surface area contributed by atoms with Gasteiger partial charge in [0.1, 0.15) is 0 Å². The number of anilines is 1. The first-order valence-electron chi connectivity index (χ1n) is 8.17. The molecule has 0 radical (unpaired) electrons. The Kier molecular flexibility index (Phi) is 4.43. The standard InChI is InChI=1S/C20H20N2O/c1-2-15-13-17(10-11-18(15)14-21)20(23)22-12-6-5-8-16-7-3-4-9-19(16)22/h3-4,7,9-11,13H,2,5-6,8,12H2,1H3. The number of aryl methyl sites for hydroxylation is 2. The van der Waals surface area contributed by atoms with Crippen LogP contribution in [0, 0.1) is 11.3 Å². The first-order chi connectivity index (χ1) is 11.2. The van der Waals surface area contributed by atoms with Gasteiger partial charge in [-0.1, -0.05) is 25.1 Å². The third-order valence-corrected chi connectivity index (χ3v) is 4.46. The molecule has 3 nitrogen and oxygen atoms in total. The Morgan fingerprint density at radius 1 is 1.22 bits per heavy atom. The van der Waals surface area contributed by atoms with Crippen LogP contribution in [0.25, 0.3) is 0 Å². The van der Waals surface area contributed by atoms with E-state index in [9.17, 15) is 4.79 Å². The molecule has 3 heteroatoms. The van der Waals surface area contributed by atoms with E-state index in [1.165, 1.54) is 5.56 Å². The van der Waals surface area contributed by atoms with Gasteiger partial charge in [-0.15, -0.1) is 0 Å². The molecule has 116 valence electrons. The number of benzene rings is 2. The number of amides is 1. The summed E-state index contributed by atoms with van der Waals surface area (Å²) in [5.41, 5.74) is 4.51. The van der Waals surface area contributed by atoms with E-state index in [0.29, 0.717) is 11.1 Å². The van der Waals surface area contributed by atoms with Gasteiger partial charge in [0.25, 0.3) is 5.91 Å². The number of nitriles is 1. The van der Waals surface area contributed by atoms with Crippen molar-refractivity contribution in [3.05, 3.63) is 64.7 Å². The molecule has 0 fully saturated rings. The summed E-state index contributed by atoms with van der Waals surface area (Å²) < 4.78 is 0. The largest absolute Gasteiger partial charge is 0.308 e. The third kappa shape index (κ3) is 2.98. The Labute approximate surface area is 137 Å². The van der Waals surface area contributed by atoms with Crippen molar-refractivity contribution in [1.29, 1.82) is 5.26 Å². The topological polar surface area (TPSA) is 44.1 Å². The van der Waals surface area contributed by atoms with Crippen molar-refractivity contribution in [2.75, 3.05) is 11.4 Å². The Morgan fingerprint density at radius 3 is 2.83 bits per heavy atom. The minimum absolute atomic E-state index is 0.0264. The average Bonchev–Trinajstić information content (AvgIpc) is 2.83. The van der Waals surface area contributed by atoms with Gasteiger partial charge >= 0.3 is 0 Å². The third-order valence-electron chi connectivity index (χ3n) is 4.46. The van der Waals surface area contributed by atoms with E-state index in [1.54, 1.807) is 12.1 Å². The molecule has 0 spiro atoms. The van der Waals surface area contributed by atoms with Crippen LogP contribution < -0.4 is 4.90 Å². The molecule has 0 unspecified atom stereocenters. The van der Waals surface area contributed by atoms with Crippen molar-refractivity contribution in [2.24, 2.45) is 0 Å². The van der Waals surface area contributed by atoms with Gasteiger partial charge in [0, 0.05) is 17.8 Å². The molecule has 1 aliphatic heterocycles. The molecule has 3 rings (SSSR count). The van der Waals surface area contributed by atoms with E-state index in [2.05, 4.69) is 12.1 Å². The molecule has 2 aromatic carbocycles. The lowest BCUT2D eigenvalue weighted by molar-refractivity contribution is 0.0987. The Balaban J connectivity index is 1.99. The second-order valence-corrected chi connectivity index (χ2v) is 5.88. The summed E-state index contributed by atoms with van der Waals surface area (Å²) in [5.74, 6) is 0.0264. The van der Waals surface area contributed by atoms with Gasteiger partial charge in [0.15, 0.2) is 0 Å². The van der Waals surface area contributed by atoms with Crippen molar-refractivity contribution in [3.63, 3.8) is 0 Å². The number of nitrogens with zero attached hydrogens (tertiary/aromatic N) is 2. The highest BCUT2D eigenvalue weighted by molar-refractivity contribution is 6.06. The molecular weight excluding hydrogens is 284 g/mol. The maximum Gasteiger partial charge on any atom is 0.258 e. The smallest absolute Gasteiger partial charge is 0.258 e. The maximum absolute atomic E-state index is 13.0. The van der Waals surface area contributed by atoms with Crippen molar-refractivity contribution in [1.82, 2.24) is 0 Å². The van der Waals surface area contributed by atoms with Crippen molar-refractivity contribution < 1.29 is 4.79 Å². The Morgan fingerprint density at radius 2 is 2.04 bits per heavy atom. The van der Waals surface area contributed by atoms with E-state index in [1.807, 2.05) is 36.1 Å². The van der Waals surface area contributed by atoms with Gasteiger partial charge in [-0.05, 0) is 61.1 Å². The molecule has 1 heterocycles. The van der Waals surface area contributed by atoms with Gasteiger partial charge < -0.3 is 4.90 Å². The first-order valence-corrected chi connectivity index (χ1v) is 8.17. The summed E-state index contributed by atoms with van der Waals surface area (Å²) >= 11 is 0. The minimum atomic E-state index is 0.0264. The number of hydrogen-bond donors (Lipinski definition) is 0. The number of carbonyl (C=O) groups is 1. The lowest BCUT2D eigenvalue weighted by Gasteiger charge is -2.23. The number of carbonyl (C=O) groups excluding carboxylic acids is 1. The van der Waals surface area contributed by atoms with Crippen LogP contribution in [0.15, 0.2) is 42.5 Å². The van der Waals surface area contributed by atoms with Crippen molar-refractivity contribution in [3.8, 4) is 6.07 Å². The minimum Gasteiger partial charge on any atom is -0.308 e. The zero-order chi connectivity index (χ0) is 16.2. The summed E-state index contributed by atoms with van der Waals surface area (Å²) in [6.45, 7) is 2.75. The molecule has 0 saturated carbocycles. The molecule has 0 saturated heterocycles. The first kappa shape index (κ1) is 15.3.